The summed E-state index contributed by atoms with van der Waals surface area (Å²) in [6, 6.07) is 12.4. The van der Waals surface area contributed by atoms with Gasteiger partial charge >= 0.3 is 6.01 Å². The van der Waals surface area contributed by atoms with E-state index in [2.05, 4.69) is 39.6 Å². The van der Waals surface area contributed by atoms with Gasteiger partial charge in [-0.3, -0.25) is 4.79 Å². The molecule has 2 aliphatic heterocycles. The van der Waals surface area contributed by atoms with Crippen molar-refractivity contribution in [3.63, 3.8) is 0 Å². The van der Waals surface area contributed by atoms with Crippen LogP contribution in [0.3, 0.4) is 0 Å². The number of ether oxygens (including phenoxy) is 2. The van der Waals surface area contributed by atoms with E-state index in [1.165, 1.54) is 6.08 Å². The number of fused-ring (bicyclic) bond motifs is 2. The maximum absolute atomic E-state index is 11.9. The van der Waals surface area contributed by atoms with E-state index in [-0.39, 0.29) is 12.0 Å². The Bertz CT molecular complexity index is 1220. The predicted octanol–water partition coefficient (Wildman–Crippen LogP) is 3.94. The van der Waals surface area contributed by atoms with Gasteiger partial charge in [-0.05, 0) is 23.1 Å². The molecule has 3 aromatic rings. The molecule has 33 heavy (non-hydrogen) atoms. The molecule has 0 bridgehead atoms. The standard InChI is InChI=1S/C25H25ClN4O3/c1-3-22(31)29-10-12-30(13-11-29)24-18-15-33-21(14-20(18)27-25(28-24)32-2)17-8-4-6-16-7-5-9-19(26)23(16)17/h3-9,21H,1,10-15H2,2H3. The molecule has 1 aromatic heterocycles. The monoisotopic (exact) mass is 464 g/mol. The normalized spacial score (nSPS) is 18.2. The van der Waals surface area contributed by atoms with Gasteiger partial charge in [0.25, 0.3) is 0 Å². The highest BCUT2D eigenvalue weighted by molar-refractivity contribution is 6.35. The fraction of sp³-hybridized carbons (Fsp3) is 0.320. The number of carbonyl (C=O) groups is 1. The first kappa shape index (κ1) is 21.7. The highest BCUT2D eigenvalue weighted by atomic mass is 35.5. The second-order valence-corrected chi connectivity index (χ2v) is 8.57. The molecule has 0 aliphatic carbocycles. The van der Waals surface area contributed by atoms with Crippen LogP contribution in [0.1, 0.15) is 22.9 Å². The number of anilines is 1. The summed E-state index contributed by atoms with van der Waals surface area (Å²) >= 11 is 6.56. The number of piperazine rings is 1. The molecule has 1 saturated heterocycles. The number of nitrogens with zero attached hydrogens (tertiary/aromatic N) is 4. The van der Waals surface area contributed by atoms with Crippen molar-refractivity contribution in [3.05, 3.63) is 70.9 Å². The number of hydrogen-bond acceptors (Lipinski definition) is 6. The summed E-state index contributed by atoms with van der Waals surface area (Å²) in [5, 5.41) is 2.81. The van der Waals surface area contributed by atoms with Gasteiger partial charge in [-0.25, -0.2) is 0 Å². The van der Waals surface area contributed by atoms with E-state index in [0.29, 0.717) is 50.2 Å². The van der Waals surface area contributed by atoms with E-state index in [9.17, 15) is 4.79 Å². The zero-order chi connectivity index (χ0) is 22.9. The molecule has 1 fully saturated rings. The fourth-order valence-electron chi connectivity index (χ4n) is 4.64. The number of aromatic nitrogens is 2. The molecule has 1 atom stereocenters. The molecule has 3 heterocycles. The topological polar surface area (TPSA) is 67.8 Å². The van der Waals surface area contributed by atoms with Gasteiger partial charge in [-0.2, -0.15) is 9.97 Å². The molecular formula is C25H25ClN4O3. The van der Waals surface area contributed by atoms with Crippen LogP contribution in [0.2, 0.25) is 5.02 Å². The summed E-state index contributed by atoms with van der Waals surface area (Å²) < 4.78 is 11.8. The van der Waals surface area contributed by atoms with Crippen molar-refractivity contribution >= 4 is 34.1 Å². The predicted molar refractivity (Wildman–Crippen MR) is 128 cm³/mol. The van der Waals surface area contributed by atoms with E-state index in [1.54, 1.807) is 12.0 Å². The number of halogens is 1. The minimum atomic E-state index is -0.171. The number of hydrogen-bond donors (Lipinski definition) is 0. The highest BCUT2D eigenvalue weighted by Crippen LogP contribution is 2.39. The Hall–Kier alpha value is -3.16. The molecule has 7 nitrogen and oxygen atoms in total. The Morgan fingerprint density at radius 3 is 2.67 bits per heavy atom. The Morgan fingerprint density at radius 1 is 1.18 bits per heavy atom. The van der Waals surface area contributed by atoms with Crippen molar-refractivity contribution in [2.45, 2.75) is 19.1 Å². The molecule has 8 heteroatoms. The van der Waals surface area contributed by atoms with Crippen molar-refractivity contribution in [2.24, 2.45) is 0 Å². The van der Waals surface area contributed by atoms with Crippen molar-refractivity contribution in [1.29, 1.82) is 0 Å². The third-order valence-electron chi connectivity index (χ3n) is 6.34. The smallest absolute Gasteiger partial charge is 0.318 e. The molecule has 1 unspecified atom stereocenters. The molecule has 170 valence electrons. The van der Waals surface area contributed by atoms with Gasteiger partial charge in [0.1, 0.15) is 5.82 Å². The third-order valence-corrected chi connectivity index (χ3v) is 6.65. The summed E-state index contributed by atoms with van der Waals surface area (Å²) in [5.41, 5.74) is 2.95. The van der Waals surface area contributed by atoms with Gasteiger partial charge in [-0.1, -0.05) is 48.5 Å². The van der Waals surface area contributed by atoms with Crippen LogP contribution >= 0.6 is 11.6 Å². The van der Waals surface area contributed by atoms with Gasteiger partial charge in [0, 0.05) is 48.6 Å². The van der Waals surface area contributed by atoms with Crippen LogP contribution in [0.5, 0.6) is 6.01 Å². The van der Waals surface area contributed by atoms with Crippen molar-refractivity contribution < 1.29 is 14.3 Å². The molecule has 0 saturated carbocycles. The lowest BCUT2D eigenvalue weighted by Gasteiger charge is -2.37. The lowest BCUT2D eigenvalue weighted by atomic mass is 9.94. The fourth-order valence-corrected chi connectivity index (χ4v) is 4.93. The largest absolute Gasteiger partial charge is 0.467 e. The van der Waals surface area contributed by atoms with E-state index in [4.69, 9.17) is 21.1 Å². The molecule has 0 N–H and O–H groups in total. The molecule has 5 rings (SSSR count). The van der Waals surface area contributed by atoms with E-state index >= 15 is 0 Å². The van der Waals surface area contributed by atoms with Crippen LogP contribution < -0.4 is 9.64 Å². The minimum Gasteiger partial charge on any atom is -0.467 e. The average molecular weight is 465 g/mol. The van der Waals surface area contributed by atoms with Crippen LogP contribution in [0.15, 0.2) is 49.1 Å². The second kappa shape index (κ2) is 9.00. The summed E-state index contributed by atoms with van der Waals surface area (Å²) in [6.07, 6.45) is 1.79. The number of rotatable bonds is 4. The average Bonchev–Trinajstić information content (AvgIpc) is 2.87. The summed E-state index contributed by atoms with van der Waals surface area (Å²) in [5.74, 6) is 0.772. The van der Waals surface area contributed by atoms with E-state index < -0.39 is 0 Å². The maximum Gasteiger partial charge on any atom is 0.318 e. The first-order chi connectivity index (χ1) is 16.1. The molecule has 0 radical (unpaired) electrons. The highest BCUT2D eigenvalue weighted by Gasteiger charge is 2.30. The SMILES string of the molecule is C=CC(=O)N1CCN(c2nc(OC)nc3c2COC(c2cccc4cccc(Cl)c24)C3)CC1. The number of carbonyl (C=O) groups excluding carboxylic acids is 1. The summed E-state index contributed by atoms with van der Waals surface area (Å²) in [6.45, 7) is 6.56. The zero-order valence-electron chi connectivity index (χ0n) is 18.5. The lowest BCUT2D eigenvalue weighted by Crippen LogP contribution is -2.49. The van der Waals surface area contributed by atoms with Crippen molar-refractivity contribution in [2.75, 3.05) is 38.2 Å². The van der Waals surface area contributed by atoms with Gasteiger partial charge in [0.2, 0.25) is 5.91 Å². The quantitative estimate of drug-likeness (QED) is 0.545. The number of amides is 1. The van der Waals surface area contributed by atoms with E-state index in [1.807, 2.05) is 18.2 Å². The number of methoxy groups -OCH3 is 1. The summed E-state index contributed by atoms with van der Waals surface area (Å²) in [7, 11) is 1.58. The maximum atomic E-state index is 11.9. The van der Waals surface area contributed by atoms with Gasteiger partial charge in [0.15, 0.2) is 0 Å². The lowest BCUT2D eigenvalue weighted by molar-refractivity contribution is -0.126. The minimum absolute atomic E-state index is 0.0446. The first-order valence-electron chi connectivity index (χ1n) is 11.0. The van der Waals surface area contributed by atoms with Gasteiger partial charge in [0.05, 0.1) is 25.5 Å². The Morgan fingerprint density at radius 2 is 1.94 bits per heavy atom. The molecule has 2 aromatic carbocycles. The van der Waals surface area contributed by atoms with E-state index in [0.717, 1.165) is 33.4 Å². The van der Waals surface area contributed by atoms with Crippen molar-refractivity contribution in [1.82, 2.24) is 14.9 Å². The van der Waals surface area contributed by atoms with Gasteiger partial charge < -0.3 is 19.3 Å². The van der Waals surface area contributed by atoms with Crippen LogP contribution in [0, 0.1) is 0 Å². The van der Waals surface area contributed by atoms with Crippen LogP contribution in [-0.4, -0.2) is 54.1 Å². The van der Waals surface area contributed by atoms with Crippen LogP contribution in [-0.2, 0) is 22.6 Å². The van der Waals surface area contributed by atoms with Crippen LogP contribution in [0.25, 0.3) is 10.8 Å². The molecule has 1 amide bonds. The van der Waals surface area contributed by atoms with Crippen LogP contribution in [0.4, 0.5) is 5.82 Å². The Labute approximate surface area is 197 Å². The third kappa shape index (κ3) is 4.03. The second-order valence-electron chi connectivity index (χ2n) is 8.16. The van der Waals surface area contributed by atoms with Crippen molar-refractivity contribution in [3.8, 4) is 6.01 Å². The van der Waals surface area contributed by atoms with Gasteiger partial charge in [-0.15, -0.1) is 0 Å². The Balaban J connectivity index is 1.46. The molecule has 2 aliphatic rings. The number of benzene rings is 2. The molecule has 0 spiro atoms. The summed E-state index contributed by atoms with van der Waals surface area (Å²) in [4.78, 5) is 25.2. The molecular weight excluding hydrogens is 440 g/mol. The first-order valence-corrected chi connectivity index (χ1v) is 11.4. The zero-order valence-corrected chi connectivity index (χ0v) is 19.2. The Kier molecular flexibility index (Phi) is 5.91.